The molecule has 0 saturated heterocycles. The Bertz CT molecular complexity index is 423. The highest BCUT2D eigenvalue weighted by Gasteiger charge is 2.31. The average molecular weight is 279 g/mol. The summed E-state index contributed by atoms with van der Waals surface area (Å²) in [7, 11) is 0. The topological polar surface area (TPSA) is 67.8 Å². The lowest BCUT2D eigenvalue weighted by molar-refractivity contribution is -0.274. The van der Waals surface area contributed by atoms with Gasteiger partial charge >= 0.3 is 12.5 Å². The molecule has 8 heteroatoms. The predicted molar refractivity (Wildman–Crippen MR) is 58.4 cm³/mol. The van der Waals surface area contributed by atoms with Crippen molar-refractivity contribution >= 4 is 6.09 Å². The lowest BCUT2D eigenvalue weighted by atomic mass is 10.2. The van der Waals surface area contributed by atoms with Gasteiger partial charge in [0.05, 0.1) is 6.61 Å². The summed E-state index contributed by atoms with van der Waals surface area (Å²) in [6.45, 7) is -0.704. The molecule has 19 heavy (non-hydrogen) atoms. The van der Waals surface area contributed by atoms with Crippen LogP contribution in [0.4, 0.5) is 18.0 Å². The highest BCUT2D eigenvalue weighted by molar-refractivity contribution is 5.67. The number of halogens is 3. The molecule has 1 rings (SSSR count). The van der Waals surface area contributed by atoms with Gasteiger partial charge in [0, 0.05) is 12.1 Å². The molecule has 1 aromatic rings. The van der Waals surface area contributed by atoms with Crippen LogP contribution in [0.2, 0.25) is 0 Å². The molecular formula is C11H12F3NO4. The van der Waals surface area contributed by atoms with Crippen molar-refractivity contribution in [1.82, 2.24) is 5.32 Å². The number of ether oxygens (including phenoxy) is 2. The Balaban J connectivity index is 2.60. The Kier molecular flexibility index (Phi) is 5.43. The smallest absolute Gasteiger partial charge is 0.447 e. The molecule has 2 N–H and O–H groups in total. The van der Waals surface area contributed by atoms with Gasteiger partial charge in [-0.2, -0.15) is 0 Å². The Morgan fingerprint density at radius 3 is 2.63 bits per heavy atom. The summed E-state index contributed by atoms with van der Waals surface area (Å²) in [4.78, 5) is 11.1. The first-order chi connectivity index (χ1) is 8.92. The van der Waals surface area contributed by atoms with E-state index in [4.69, 9.17) is 5.11 Å². The van der Waals surface area contributed by atoms with E-state index in [1.54, 1.807) is 0 Å². The summed E-state index contributed by atoms with van der Waals surface area (Å²) >= 11 is 0. The summed E-state index contributed by atoms with van der Waals surface area (Å²) in [5.74, 6) is -0.391. The standard InChI is InChI=1S/C11H12F3NO4/c12-11(13,14)19-9-4-2-1-3-8(9)7-15-10(17)18-6-5-16/h1-4,16H,5-7H2,(H,15,17). The molecule has 0 aromatic heterocycles. The van der Waals surface area contributed by atoms with Crippen LogP contribution in [0.1, 0.15) is 5.56 Å². The van der Waals surface area contributed by atoms with Crippen molar-refractivity contribution in [2.45, 2.75) is 12.9 Å². The van der Waals surface area contributed by atoms with E-state index in [1.807, 2.05) is 0 Å². The molecule has 5 nitrogen and oxygen atoms in total. The number of benzene rings is 1. The lowest BCUT2D eigenvalue weighted by Crippen LogP contribution is -2.26. The highest BCUT2D eigenvalue weighted by Crippen LogP contribution is 2.25. The molecule has 0 saturated carbocycles. The van der Waals surface area contributed by atoms with E-state index in [1.165, 1.54) is 18.2 Å². The molecule has 0 spiro atoms. The van der Waals surface area contributed by atoms with Crippen molar-refractivity contribution in [3.05, 3.63) is 29.8 Å². The maximum atomic E-state index is 12.1. The van der Waals surface area contributed by atoms with Crippen LogP contribution in [0, 0.1) is 0 Å². The second-order valence-corrected chi connectivity index (χ2v) is 3.37. The van der Waals surface area contributed by atoms with Crippen LogP contribution in [-0.2, 0) is 11.3 Å². The maximum Gasteiger partial charge on any atom is 0.573 e. The molecule has 0 atom stereocenters. The van der Waals surface area contributed by atoms with Gasteiger partial charge in [0.15, 0.2) is 0 Å². The van der Waals surface area contributed by atoms with E-state index >= 15 is 0 Å². The van der Waals surface area contributed by atoms with Gasteiger partial charge in [0.25, 0.3) is 0 Å². The SMILES string of the molecule is O=C(NCc1ccccc1OC(F)(F)F)OCCO. The Labute approximate surface area is 106 Å². The van der Waals surface area contributed by atoms with Gasteiger partial charge in [-0.15, -0.1) is 13.2 Å². The Hall–Kier alpha value is -1.96. The molecule has 0 bridgehead atoms. The summed E-state index contributed by atoms with van der Waals surface area (Å²) in [6.07, 6.45) is -5.64. The number of carbonyl (C=O) groups excluding carboxylic acids is 1. The second kappa shape index (κ2) is 6.83. The molecule has 1 aromatic carbocycles. The molecule has 106 valence electrons. The minimum Gasteiger partial charge on any atom is -0.447 e. The third-order valence-electron chi connectivity index (χ3n) is 1.95. The number of alkyl carbamates (subject to hydrolysis) is 1. The zero-order chi connectivity index (χ0) is 14.3. The van der Waals surface area contributed by atoms with Gasteiger partial charge in [-0.25, -0.2) is 4.79 Å². The van der Waals surface area contributed by atoms with Gasteiger partial charge < -0.3 is 19.9 Å². The highest BCUT2D eigenvalue weighted by atomic mass is 19.4. The zero-order valence-electron chi connectivity index (χ0n) is 9.74. The van der Waals surface area contributed by atoms with E-state index in [0.717, 1.165) is 6.07 Å². The first-order valence-corrected chi connectivity index (χ1v) is 5.27. The first kappa shape index (κ1) is 15.1. The molecule has 1 amide bonds. The van der Waals surface area contributed by atoms with Gasteiger partial charge in [-0.1, -0.05) is 18.2 Å². The molecule has 0 aliphatic heterocycles. The number of hydrogen-bond donors (Lipinski definition) is 2. The van der Waals surface area contributed by atoms with E-state index in [0.29, 0.717) is 0 Å². The van der Waals surface area contributed by atoms with Crippen LogP contribution >= 0.6 is 0 Å². The third-order valence-corrected chi connectivity index (χ3v) is 1.95. The summed E-state index contributed by atoms with van der Waals surface area (Å²) in [5, 5.41) is 10.7. The lowest BCUT2D eigenvalue weighted by Gasteiger charge is -2.13. The van der Waals surface area contributed by atoms with Gasteiger partial charge in [-0.05, 0) is 6.07 Å². The summed E-state index contributed by atoms with van der Waals surface area (Å²) in [6, 6.07) is 5.42. The van der Waals surface area contributed by atoms with Crippen molar-refractivity contribution in [3.63, 3.8) is 0 Å². The fraction of sp³-hybridized carbons (Fsp3) is 0.364. The fourth-order valence-corrected chi connectivity index (χ4v) is 1.23. The third kappa shape index (κ3) is 5.96. The summed E-state index contributed by atoms with van der Waals surface area (Å²) < 4.78 is 44.7. The number of alkyl halides is 3. The number of para-hydroxylation sites is 1. The molecule has 0 aliphatic rings. The van der Waals surface area contributed by atoms with Gasteiger partial charge in [-0.3, -0.25) is 0 Å². The van der Waals surface area contributed by atoms with Gasteiger partial charge in [0.1, 0.15) is 12.4 Å². The second-order valence-electron chi connectivity index (χ2n) is 3.37. The van der Waals surface area contributed by atoms with Crippen LogP contribution in [0.25, 0.3) is 0 Å². The predicted octanol–water partition coefficient (Wildman–Crippen LogP) is 1.80. The van der Waals surface area contributed by atoms with E-state index in [-0.39, 0.29) is 25.3 Å². The van der Waals surface area contributed by atoms with E-state index < -0.39 is 18.2 Å². The van der Waals surface area contributed by atoms with Crippen LogP contribution in [0.15, 0.2) is 24.3 Å². The number of aliphatic hydroxyl groups excluding tert-OH is 1. The number of carbonyl (C=O) groups is 1. The first-order valence-electron chi connectivity index (χ1n) is 5.27. The van der Waals surface area contributed by atoms with Crippen molar-refractivity contribution in [2.75, 3.05) is 13.2 Å². The maximum absolute atomic E-state index is 12.1. The zero-order valence-corrected chi connectivity index (χ0v) is 9.74. The van der Waals surface area contributed by atoms with Crippen LogP contribution < -0.4 is 10.1 Å². The van der Waals surface area contributed by atoms with Gasteiger partial charge in [0.2, 0.25) is 0 Å². The van der Waals surface area contributed by atoms with Crippen molar-refractivity contribution < 1.29 is 32.5 Å². The monoisotopic (exact) mass is 279 g/mol. The van der Waals surface area contributed by atoms with Crippen molar-refractivity contribution in [2.24, 2.45) is 0 Å². The van der Waals surface area contributed by atoms with Crippen LogP contribution in [-0.4, -0.2) is 30.8 Å². The normalized spacial score (nSPS) is 10.9. The Morgan fingerprint density at radius 2 is 2.00 bits per heavy atom. The molecule has 0 fully saturated rings. The fourth-order valence-electron chi connectivity index (χ4n) is 1.23. The number of hydrogen-bond acceptors (Lipinski definition) is 4. The van der Waals surface area contributed by atoms with Crippen LogP contribution in [0.3, 0.4) is 0 Å². The largest absolute Gasteiger partial charge is 0.573 e. The summed E-state index contributed by atoms with van der Waals surface area (Å²) in [5.41, 5.74) is 0.153. The molecule has 0 unspecified atom stereocenters. The number of amides is 1. The Morgan fingerprint density at radius 1 is 1.32 bits per heavy atom. The number of aliphatic hydroxyl groups is 1. The van der Waals surface area contributed by atoms with Crippen molar-refractivity contribution in [1.29, 1.82) is 0 Å². The quantitative estimate of drug-likeness (QED) is 0.862. The molecule has 0 radical (unpaired) electrons. The van der Waals surface area contributed by atoms with Crippen molar-refractivity contribution in [3.8, 4) is 5.75 Å². The molecular weight excluding hydrogens is 267 g/mol. The minimum absolute atomic E-state index is 0.153. The number of nitrogens with one attached hydrogen (secondary N) is 1. The molecule has 0 heterocycles. The van der Waals surface area contributed by atoms with E-state index in [2.05, 4.69) is 14.8 Å². The number of rotatable bonds is 5. The minimum atomic E-state index is -4.80. The average Bonchev–Trinajstić information content (AvgIpc) is 2.33. The van der Waals surface area contributed by atoms with E-state index in [9.17, 15) is 18.0 Å². The molecule has 0 aliphatic carbocycles. The van der Waals surface area contributed by atoms with Crippen LogP contribution in [0.5, 0.6) is 5.75 Å².